The van der Waals surface area contributed by atoms with Gasteiger partial charge in [0.05, 0.1) is 0 Å². The molecule has 80 valence electrons. The lowest BCUT2D eigenvalue weighted by molar-refractivity contribution is 1.09. The second-order valence-electron chi connectivity index (χ2n) is 3.20. The van der Waals surface area contributed by atoms with Crippen LogP contribution >= 0.6 is 0 Å². The number of hydrogen-bond acceptors (Lipinski definition) is 0. The topological polar surface area (TPSA) is 0 Å². The van der Waals surface area contributed by atoms with Crippen molar-refractivity contribution in [1.82, 2.24) is 0 Å². The lowest BCUT2D eigenvalue weighted by atomic mass is 10.1. The first-order chi connectivity index (χ1) is 6.63. The van der Waals surface area contributed by atoms with Gasteiger partial charge in [-0.2, -0.15) is 0 Å². The Kier molecular flexibility index (Phi) is 13.2. The molecular formula is C14H24. The molecule has 0 unspecified atom stereocenters. The van der Waals surface area contributed by atoms with Gasteiger partial charge in [-0.25, -0.2) is 0 Å². The molecule has 0 atom stereocenters. The Morgan fingerprint density at radius 3 is 1.43 bits per heavy atom. The van der Waals surface area contributed by atoms with Gasteiger partial charge in [0.1, 0.15) is 0 Å². The van der Waals surface area contributed by atoms with Crippen LogP contribution in [0.2, 0.25) is 0 Å². The lowest BCUT2D eigenvalue weighted by Gasteiger charge is -1.93. The van der Waals surface area contributed by atoms with Crippen molar-refractivity contribution < 1.29 is 0 Å². The maximum absolute atomic E-state index is 3.36. The van der Waals surface area contributed by atoms with Gasteiger partial charge in [0, 0.05) is 0 Å². The van der Waals surface area contributed by atoms with Crippen molar-refractivity contribution in [2.24, 2.45) is 0 Å². The Labute approximate surface area is 89.7 Å². The van der Waals surface area contributed by atoms with E-state index in [2.05, 4.69) is 58.5 Å². The van der Waals surface area contributed by atoms with Crippen molar-refractivity contribution in [2.45, 2.75) is 41.0 Å². The zero-order valence-corrected chi connectivity index (χ0v) is 10.3. The summed E-state index contributed by atoms with van der Waals surface area (Å²) < 4.78 is 0. The number of hydrogen-bond donors (Lipinski definition) is 0. The van der Waals surface area contributed by atoms with Crippen LogP contribution in [0.5, 0.6) is 0 Å². The third-order valence-electron chi connectivity index (χ3n) is 1.43. The molecule has 14 heavy (non-hydrogen) atoms. The Bertz CT molecular complexity index is 202. The van der Waals surface area contributed by atoms with Gasteiger partial charge in [-0.05, 0) is 31.9 Å². The summed E-state index contributed by atoms with van der Waals surface area (Å²) in [4.78, 5) is 0. The molecule has 0 saturated carbocycles. The van der Waals surface area contributed by atoms with Crippen LogP contribution in [0, 0.1) is 13.8 Å². The van der Waals surface area contributed by atoms with E-state index in [-0.39, 0.29) is 0 Å². The molecule has 0 saturated heterocycles. The van der Waals surface area contributed by atoms with Crippen LogP contribution < -0.4 is 0 Å². The summed E-state index contributed by atoms with van der Waals surface area (Å²) >= 11 is 0. The average Bonchev–Trinajstić information content (AvgIpc) is 2.13. The monoisotopic (exact) mass is 192 g/mol. The van der Waals surface area contributed by atoms with E-state index < -0.39 is 0 Å². The van der Waals surface area contributed by atoms with Crippen LogP contribution in [0.3, 0.4) is 0 Å². The van der Waals surface area contributed by atoms with Crippen molar-refractivity contribution in [3.8, 4) is 0 Å². The first-order valence-electron chi connectivity index (χ1n) is 5.23. The van der Waals surface area contributed by atoms with Gasteiger partial charge >= 0.3 is 0 Å². The van der Waals surface area contributed by atoms with Gasteiger partial charge in [-0.1, -0.05) is 50.6 Å². The van der Waals surface area contributed by atoms with Crippen molar-refractivity contribution in [3.05, 3.63) is 48.0 Å². The molecule has 0 bridgehead atoms. The second-order valence-corrected chi connectivity index (χ2v) is 3.20. The Morgan fingerprint density at radius 2 is 1.29 bits per heavy atom. The molecule has 0 fully saturated rings. The van der Waals surface area contributed by atoms with E-state index in [0.29, 0.717) is 0 Å². The van der Waals surface area contributed by atoms with Gasteiger partial charge in [0.2, 0.25) is 0 Å². The van der Waals surface area contributed by atoms with Gasteiger partial charge < -0.3 is 0 Å². The molecule has 0 aliphatic carbocycles. The molecule has 0 aliphatic rings. The minimum Gasteiger partial charge on any atom is -0.103 e. The Hall–Kier alpha value is -1.04. The zero-order valence-electron chi connectivity index (χ0n) is 10.3. The molecule has 0 radical (unpaired) electrons. The van der Waals surface area contributed by atoms with Crippen molar-refractivity contribution in [3.63, 3.8) is 0 Å². The fourth-order valence-electron chi connectivity index (χ4n) is 0.663. The van der Waals surface area contributed by atoms with E-state index in [1.54, 1.807) is 6.08 Å². The number of allylic oxidation sites excluding steroid dienone is 1. The quantitative estimate of drug-likeness (QED) is 0.512. The van der Waals surface area contributed by atoms with E-state index in [9.17, 15) is 0 Å². The van der Waals surface area contributed by atoms with Crippen LogP contribution in [-0.2, 0) is 0 Å². The smallest absolute Gasteiger partial charge is 0.0395 e. The molecule has 0 aliphatic heterocycles. The number of benzene rings is 1. The fraction of sp³-hybridized carbons (Fsp3) is 0.429. The van der Waals surface area contributed by atoms with E-state index in [4.69, 9.17) is 0 Å². The lowest BCUT2D eigenvalue weighted by Crippen LogP contribution is -1.74. The van der Waals surface area contributed by atoms with Crippen LogP contribution in [0.4, 0.5) is 0 Å². The third-order valence-corrected chi connectivity index (χ3v) is 1.43. The third kappa shape index (κ3) is 11.0. The highest BCUT2D eigenvalue weighted by Crippen LogP contribution is 2.02. The summed E-state index contributed by atoms with van der Waals surface area (Å²) in [6.07, 6.45) is 3.00. The van der Waals surface area contributed by atoms with Gasteiger partial charge in [0.15, 0.2) is 0 Å². The van der Waals surface area contributed by atoms with Crippen LogP contribution in [0.15, 0.2) is 36.9 Å². The zero-order chi connectivity index (χ0) is 11.4. The van der Waals surface area contributed by atoms with E-state index >= 15 is 0 Å². The molecule has 0 N–H and O–H groups in total. The van der Waals surface area contributed by atoms with E-state index in [1.165, 1.54) is 17.5 Å². The predicted octanol–water partition coefficient (Wildman–Crippen LogP) is 4.91. The molecule has 1 aromatic carbocycles. The second kappa shape index (κ2) is 12.0. The van der Waals surface area contributed by atoms with Crippen LogP contribution in [0.1, 0.15) is 38.3 Å². The molecule has 0 nitrogen and oxygen atoms in total. The van der Waals surface area contributed by atoms with Crippen molar-refractivity contribution in [2.75, 3.05) is 0 Å². The minimum absolute atomic E-state index is 1.25. The normalized spacial score (nSPS) is 7.50. The summed E-state index contributed by atoms with van der Waals surface area (Å²) in [5, 5.41) is 0. The summed E-state index contributed by atoms with van der Waals surface area (Å²) in [5.41, 5.74) is 2.74. The number of rotatable bonds is 0. The maximum atomic E-state index is 3.36. The standard InChI is InChI=1S/C8H10.C3H8.C3H6/c1-7-5-3-4-6-8(7)2;2*1-3-2/h3-6H,1-2H3;3H2,1-2H3;3H,1H2,2H3. The molecule has 1 aromatic rings. The van der Waals surface area contributed by atoms with Crippen molar-refractivity contribution in [1.29, 1.82) is 0 Å². The summed E-state index contributed by atoms with van der Waals surface area (Å²) in [6, 6.07) is 8.36. The molecule has 0 amide bonds. The van der Waals surface area contributed by atoms with Crippen molar-refractivity contribution >= 4 is 0 Å². The maximum Gasteiger partial charge on any atom is -0.0395 e. The first kappa shape index (κ1) is 15.4. The molecule has 0 heterocycles. The number of aryl methyl sites for hydroxylation is 2. The SMILES string of the molecule is C=CC.CCC.Cc1ccccc1C. The van der Waals surface area contributed by atoms with Gasteiger partial charge in [0.25, 0.3) is 0 Å². The highest BCUT2D eigenvalue weighted by atomic mass is 13.9. The van der Waals surface area contributed by atoms with Gasteiger partial charge in [-0.3, -0.25) is 0 Å². The van der Waals surface area contributed by atoms with E-state index in [0.717, 1.165) is 0 Å². The summed E-state index contributed by atoms with van der Waals surface area (Å²) in [6.45, 7) is 13.7. The Morgan fingerprint density at radius 1 is 1.07 bits per heavy atom. The highest BCUT2D eigenvalue weighted by molar-refractivity contribution is 5.23. The molecule has 1 rings (SSSR count). The summed E-state index contributed by atoms with van der Waals surface area (Å²) in [5.74, 6) is 0. The molecule has 0 aromatic heterocycles. The minimum atomic E-state index is 1.25. The predicted molar refractivity (Wildman–Crippen MR) is 67.8 cm³/mol. The molecule has 0 spiro atoms. The Balaban J connectivity index is 0. The fourth-order valence-corrected chi connectivity index (χ4v) is 0.663. The van der Waals surface area contributed by atoms with E-state index in [1.807, 2.05) is 6.92 Å². The van der Waals surface area contributed by atoms with Crippen LogP contribution in [-0.4, -0.2) is 0 Å². The molecular weight excluding hydrogens is 168 g/mol. The average molecular weight is 192 g/mol. The first-order valence-corrected chi connectivity index (χ1v) is 5.23. The van der Waals surface area contributed by atoms with Gasteiger partial charge in [-0.15, -0.1) is 6.58 Å². The molecule has 0 heteroatoms. The van der Waals surface area contributed by atoms with Crippen LogP contribution in [0.25, 0.3) is 0 Å². The summed E-state index contributed by atoms with van der Waals surface area (Å²) in [7, 11) is 0. The highest BCUT2D eigenvalue weighted by Gasteiger charge is 1.83. The largest absolute Gasteiger partial charge is 0.103 e.